The molecule has 0 aromatic carbocycles. The van der Waals surface area contributed by atoms with Crippen LogP contribution in [0.1, 0.15) is 11.4 Å². The van der Waals surface area contributed by atoms with E-state index in [0.717, 1.165) is 24.5 Å². The van der Waals surface area contributed by atoms with Crippen LogP contribution < -0.4 is 5.32 Å². The summed E-state index contributed by atoms with van der Waals surface area (Å²) < 4.78 is 1.98. The number of hydrogen-bond donors (Lipinski definition) is 1. The topological polar surface area (TPSA) is 75.9 Å². The fraction of sp³-hybridized carbons (Fsp3) is 0.429. The lowest BCUT2D eigenvalue weighted by Gasteiger charge is -2.27. The highest BCUT2D eigenvalue weighted by molar-refractivity contribution is 7.99. The molecule has 1 N–H and O–H groups in total. The van der Waals surface area contributed by atoms with E-state index in [1.807, 2.05) is 21.9 Å². The van der Waals surface area contributed by atoms with Crippen molar-refractivity contribution in [2.75, 3.05) is 23.9 Å². The normalized spacial score (nSPS) is 13.8. The largest absolute Gasteiger partial charge is 0.348 e. The maximum atomic E-state index is 12.0. The van der Waals surface area contributed by atoms with E-state index in [0.29, 0.717) is 24.8 Å². The third-order valence-corrected chi connectivity index (χ3v) is 4.00. The van der Waals surface area contributed by atoms with Crippen LogP contribution in [0.4, 0.5) is 5.95 Å². The van der Waals surface area contributed by atoms with Crippen LogP contribution in [0.25, 0.3) is 0 Å². The summed E-state index contributed by atoms with van der Waals surface area (Å²) in [5, 5.41) is 7.70. The van der Waals surface area contributed by atoms with Crippen molar-refractivity contribution in [1.82, 2.24) is 24.6 Å². The Kier molecular flexibility index (Phi) is 4.57. The van der Waals surface area contributed by atoms with Gasteiger partial charge in [-0.3, -0.25) is 9.48 Å². The van der Waals surface area contributed by atoms with Crippen molar-refractivity contribution in [2.45, 2.75) is 19.6 Å². The van der Waals surface area contributed by atoms with Crippen LogP contribution in [0.5, 0.6) is 0 Å². The second-order valence-corrected chi connectivity index (χ2v) is 5.89. The van der Waals surface area contributed by atoms with Crippen molar-refractivity contribution in [3.63, 3.8) is 0 Å². The number of nitrogens with zero attached hydrogens (tertiary/aromatic N) is 5. The second-order valence-electron chi connectivity index (χ2n) is 5.02. The molecule has 0 spiro atoms. The Labute approximate surface area is 133 Å². The summed E-state index contributed by atoms with van der Waals surface area (Å²) in [5.41, 5.74) is 2.01. The number of thioether (sulfide) groups is 1. The number of carbonyl (C=O) groups is 1. The Morgan fingerprint density at radius 1 is 1.36 bits per heavy atom. The predicted octanol–water partition coefficient (Wildman–Crippen LogP) is 0.990. The van der Waals surface area contributed by atoms with Crippen molar-refractivity contribution < 1.29 is 4.79 Å². The third-order valence-electron chi connectivity index (χ3n) is 3.46. The molecule has 0 radical (unpaired) electrons. The molecule has 0 unspecified atom stereocenters. The van der Waals surface area contributed by atoms with Crippen LogP contribution in [0.15, 0.2) is 24.5 Å². The minimum atomic E-state index is 0.192. The standard InChI is InChI=1S/C14H18N6OS/c1-22-10-13(21)19-5-6-20-12(9-19)7-11(18-20)8-17-14-15-3-2-4-16-14/h2-4,7H,5-6,8-10H2,1H3,(H,15,16,17). The average molecular weight is 318 g/mol. The zero-order valence-corrected chi connectivity index (χ0v) is 13.2. The number of rotatable bonds is 5. The maximum absolute atomic E-state index is 12.0. The number of hydrogen-bond acceptors (Lipinski definition) is 6. The molecule has 2 aromatic heterocycles. The first-order chi connectivity index (χ1) is 10.8. The summed E-state index contributed by atoms with van der Waals surface area (Å²) in [6, 6.07) is 3.81. The van der Waals surface area contributed by atoms with E-state index in [9.17, 15) is 4.79 Å². The summed E-state index contributed by atoms with van der Waals surface area (Å²) in [6.07, 6.45) is 5.34. The quantitative estimate of drug-likeness (QED) is 0.886. The molecule has 2 aromatic rings. The molecule has 0 fully saturated rings. The van der Waals surface area contributed by atoms with Crippen molar-refractivity contribution in [2.24, 2.45) is 0 Å². The van der Waals surface area contributed by atoms with Crippen molar-refractivity contribution in [3.8, 4) is 0 Å². The Morgan fingerprint density at radius 2 is 2.18 bits per heavy atom. The van der Waals surface area contributed by atoms with Crippen LogP contribution in [-0.2, 0) is 24.4 Å². The number of aromatic nitrogens is 4. The van der Waals surface area contributed by atoms with Gasteiger partial charge in [0.2, 0.25) is 11.9 Å². The monoisotopic (exact) mass is 318 g/mol. The first-order valence-corrected chi connectivity index (χ1v) is 8.49. The Morgan fingerprint density at radius 3 is 2.95 bits per heavy atom. The van der Waals surface area contributed by atoms with E-state index in [4.69, 9.17) is 0 Å². The SMILES string of the molecule is CSCC(=O)N1CCn2nc(CNc3ncccn3)cc2C1. The van der Waals surface area contributed by atoms with E-state index in [1.54, 1.807) is 30.2 Å². The fourth-order valence-electron chi connectivity index (χ4n) is 2.40. The molecular formula is C14H18N6OS. The van der Waals surface area contributed by atoms with Gasteiger partial charge in [-0.15, -0.1) is 0 Å². The molecule has 7 nitrogen and oxygen atoms in total. The molecule has 8 heteroatoms. The zero-order valence-electron chi connectivity index (χ0n) is 12.4. The van der Waals surface area contributed by atoms with E-state index >= 15 is 0 Å². The molecule has 0 aliphatic carbocycles. The van der Waals surface area contributed by atoms with Gasteiger partial charge in [-0.25, -0.2) is 9.97 Å². The van der Waals surface area contributed by atoms with Gasteiger partial charge < -0.3 is 10.2 Å². The first-order valence-electron chi connectivity index (χ1n) is 7.09. The van der Waals surface area contributed by atoms with Gasteiger partial charge in [0.25, 0.3) is 0 Å². The smallest absolute Gasteiger partial charge is 0.232 e. The van der Waals surface area contributed by atoms with Crippen LogP contribution in [0.2, 0.25) is 0 Å². The van der Waals surface area contributed by atoms with Gasteiger partial charge >= 0.3 is 0 Å². The molecular weight excluding hydrogens is 300 g/mol. The Balaban J connectivity index is 1.62. The Bertz CT molecular complexity index is 644. The third kappa shape index (κ3) is 3.38. The number of fused-ring (bicyclic) bond motifs is 1. The van der Waals surface area contributed by atoms with Gasteiger partial charge in [0.15, 0.2) is 0 Å². The molecule has 22 heavy (non-hydrogen) atoms. The lowest BCUT2D eigenvalue weighted by Crippen LogP contribution is -2.39. The molecule has 0 atom stereocenters. The van der Waals surface area contributed by atoms with Crippen LogP contribution >= 0.6 is 11.8 Å². The van der Waals surface area contributed by atoms with Gasteiger partial charge in [0, 0.05) is 18.9 Å². The summed E-state index contributed by atoms with van der Waals surface area (Å²) in [4.78, 5) is 22.1. The number of carbonyl (C=O) groups excluding carboxylic acids is 1. The van der Waals surface area contributed by atoms with E-state index < -0.39 is 0 Å². The second kappa shape index (κ2) is 6.78. The van der Waals surface area contributed by atoms with E-state index in [2.05, 4.69) is 20.4 Å². The van der Waals surface area contributed by atoms with Gasteiger partial charge in [0.1, 0.15) is 0 Å². The van der Waals surface area contributed by atoms with Crippen LogP contribution in [-0.4, -0.2) is 49.1 Å². The number of nitrogens with one attached hydrogen (secondary N) is 1. The highest BCUT2D eigenvalue weighted by Gasteiger charge is 2.21. The lowest BCUT2D eigenvalue weighted by atomic mass is 10.3. The molecule has 1 aliphatic heterocycles. The van der Waals surface area contributed by atoms with Crippen molar-refractivity contribution >= 4 is 23.6 Å². The molecule has 1 amide bonds. The zero-order chi connectivity index (χ0) is 15.4. The highest BCUT2D eigenvalue weighted by atomic mass is 32.2. The molecule has 116 valence electrons. The molecule has 3 heterocycles. The highest BCUT2D eigenvalue weighted by Crippen LogP contribution is 2.15. The summed E-state index contributed by atoms with van der Waals surface area (Å²) in [6.45, 7) is 2.68. The number of anilines is 1. The maximum Gasteiger partial charge on any atom is 0.232 e. The van der Waals surface area contributed by atoms with Crippen LogP contribution in [0, 0.1) is 0 Å². The first kappa shape index (κ1) is 14.8. The molecule has 0 saturated heterocycles. The Hall–Kier alpha value is -2.09. The van der Waals surface area contributed by atoms with Gasteiger partial charge in [-0.2, -0.15) is 16.9 Å². The van der Waals surface area contributed by atoms with E-state index in [1.165, 1.54) is 0 Å². The fourth-order valence-corrected chi connectivity index (χ4v) is 2.83. The minimum absolute atomic E-state index is 0.192. The van der Waals surface area contributed by atoms with Gasteiger partial charge in [-0.1, -0.05) is 0 Å². The molecule has 1 aliphatic rings. The number of amides is 1. The minimum Gasteiger partial charge on any atom is -0.348 e. The van der Waals surface area contributed by atoms with E-state index in [-0.39, 0.29) is 5.91 Å². The van der Waals surface area contributed by atoms with Crippen molar-refractivity contribution in [1.29, 1.82) is 0 Å². The lowest BCUT2D eigenvalue weighted by molar-refractivity contribution is -0.129. The van der Waals surface area contributed by atoms with Gasteiger partial charge in [0.05, 0.1) is 36.8 Å². The summed E-state index contributed by atoms with van der Waals surface area (Å²) in [5.74, 6) is 1.32. The average Bonchev–Trinajstić information content (AvgIpc) is 2.96. The summed E-state index contributed by atoms with van der Waals surface area (Å²) >= 11 is 1.56. The molecule has 0 saturated carbocycles. The van der Waals surface area contributed by atoms with Gasteiger partial charge in [-0.05, 0) is 18.4 Å². The van der Waals surface area contributed by atoms with Crippen molar-refractivity contribution in [3.05, 3.63) is 35.9 Å². The molecule has 3 rings (SSSR count). The molecule has 0 bridgehead atoms. The predicted molar refractivity (Wildman–Crippen MR) is 85.4 cm³/mol. The summed E-state index contributed by atoms with van der Waals surface area (Å²) in [7, 11) is 0. The van der Waals surface area contributed by atoms with Crippen LogP contribution in [0.3, 0.4) is 0 Å².